The Bertz CT molecular complexity index is 766. The number of rotatable bonds is 8. The molecule has 4 atom stereocenters. The van der Waals surface area contributed by atoms with E-state index in [4.69, 9.17) is 0 Å². The first-order chi connectivity index (χ1) is 13.2. The molecule has 1 heterocycles. The van der Waals surface area contributed by atoms with Crippen LogP contribution in [0.25, 0.3) is 0 Å². The molecule has 1 aromatic carbocycles. The minimum absolute atomic E-state index is 0.101. The number of carbonyl (C=O) groups is 1. The summed E-state index contributed by atoms with van der Waals surface area (Å²) in [5.41, 5.74) is 1.20. The number of hydrogen-bond acceptors (Lipinski definition) is 6. The van der Waals surface area contributed by atoms with E-state index in [2.05, 4.69) is 39.9 Å². The zero-order chi connectivity index (χ0) is 18.6. The van der Waals surface area contributed by atoms with Crippen LogP contribution in [0.3, 0.4) is 0 Å². The van der Waals surface area contributed by atoms with Crippen LogP contribution in [0.1, 0.15) is 38.2 Å². The number of carbonyl (C=O) groups excluding carboxylic acids is 1. The van der Waals surface area contributed by atoms with E-state index >= 15 is 0 Å². The molecule has 4 unspecified atom stereocenters. The number of anilines is 1. The van der Waals surface area contributed by atoms with Crippen LogP contribution in [-0.4, -0.2) is 27.9 Å². The monoisotopic (exact) mass is 402 g/mol. The van der Waals surface area contributed by atoms with Gasteiger partial charge in [0.2, 0.25) is 11.0 Å². The molecule has 144 valence electrons. The Morgan fingerprint density at radius 1 is 1.26 bits per heavy atom. The second kappa shape index (κ2) is 8.61. The molecule has 4 rings (SSSR count). The number of fused-ring (bicyclic) bond motifs is 2. The Labute approximate surface area is 168 Å². The first kappa shape index (κ1) is 18.7. The fraction of sp³-hybridized carbons (Fsp3) is 0.550. The van der Waals surface area contributed by atoms with Gasteiger partial charge >= 0.3 is 0 Å². The maximum atomic E-state index is 12.3. The number of amides is 1. The molecule has 1 amide bonds. The van der Waals surface area contributed by atoms with Crippen LogP contribution in [0, 0.1) is 17.8 Å². The van der Waals surface area contributed by atoms with Crippen molar-refractivity contribution in [2.24, 2.45) is 17.8 Å². The molecule has 27 heavy (non-hydrogen) atoms. The molecule has 2 fully saturated rings. The van der Waals surface area contributed by atoms with E-state index < -0.39 is 0 Å². The van der Waals surface area contributed by atoms with Crippen molar-refractivity contribution in [2.75, 3.05) is 11.1 Å². The number of hydrogen-bond donors (Lipinski definition) is 2. The summed E-state index contributed by atoms with van der Waals surface area (Å²) in [5, 5.41) is 15.6. The third-order valence-corrected chi connectivity index (χ3v) is 7.86. The standard InChI is InChI=1S/C20H26N4OS2/c1-13(17-10-15-7-8-16(17)9-15)22-18(25)12-26-20-24-23-19(27-20)21-11-14-5-3-2-4-6-14/h2-6,13,15-17H,7-12H2,1H3,(H,21,23)(H,22,25). The highest BCUT2D eigenvalue weighted by molar-refractivity contribution is 8.01. The van der Waals surface area contributed by atoms with Crippen LogP contribution in [0.5, 0.6) is 0 Å². The zero-order valence-corrected chi connectivity index (χ0v) is 17.2. The van der Waals surface area contributed by atoms with Gasteiger partial charge in [-0.3, -0.25) is 4.79 Å². The zero-order valence-electron chi connectivity index (χ0n) is 15.6. The van der Waals surface area contributed by atoms with Gasteiger partial charge < -0.3 is 10.6 Å². The van der Waals surface area contributed by atoms with E-state index in [1.165, 1.54) is 54.3 Å². The summed E-state index contributed by atoms with van der Waals surface area (Å²) in [7, 11) is 0. The lowest BCUT2D eigenvalue weighted by molar-refractivity contribution is -0.119. The van der Waals surface area contributed by atoms with Gasteiger partial charge in [0.05, 0.1) is 5.75 Å². The summed E-state index contributed by atoms with van der Waals surface area (Å²) in [5.74, 6) is 2.92. The fourth-order valence-corrected chi connectivity index (χ4v) is 6.11. The Balaban J connectivity index is 1.19. The summed E-state index contributed by atoms with van der Waals surface area (Å²) in [4.78, 5) is 12.3. The molecule has 7 heteroatoms. The van der Waals surface area contributed by atoms with Crippen LogP contribution >= 0.6 is 23.1 Å². The lowest BCUT2D eigenvalue weighted by Gasteiger charge is -2.28. The minimum atomic E-state index is 0.101. The Morgan fingerprint density at radius 3 is 2.85 bits per heavy atom. The topological polar surface area (TPSA) is 66.9 Å². The van der Waals surface area contributed by atoms with Crippen LogP contribution in [0.2, 0.25) is 0 Å². The summed E-state index contributed by atoms with van der Waals surface area (Å²) in [6.07, 6.45) is 5.43. The molecule has 2 saturated carbocycles. The van der Waals surface area contributed by atoms with E-state index in [1.54, 1.807) is 0 Å². The summed E-state index contributed by atoms with van der Waals surface area (Å²) in [6, 6.07) is 10.5. The SMILES string of the molecule is CC(NC(=O)CSc1nnc(NCc2ccccc2)s1)C1CC2CCC1C2. The second-order valence-corrected chi connectivity index (χ2v) is 9.90. The van der Waals surface area contributed by atoms with Gasteiger partial charge in [0.15, 0.2) is 4.34 Å². The third kappa shape index (κ3) is 4.82. The Kier molecular flexibility index (Phi) is 5.98. The molecule has 2 aromatic rings. The first-order valence-corrected chi connectivity index (χ1v) is 11.5. The number of thioether (sulfide) groups is 1. The molecule has 2 aliphatic rings. The lowest BCUT2D eigenvalue weighted by atomic mass is 9.84. The maximum Gasteiger partial charge on any atom is 0.230 e. The predicted molar refractivity (Wildman–Crippen MR) is 111 cm³/mol. The Morgan fingerprint density at radius 2 is 2.11 bits per heavy atom. The maximum absolute atomic E-state index is 12.3. The van der Waals surface area contributed by atoms with Crippen LogP contribution in [0.4, 0.5) is 5.13 Å². The average molecular weight is 403 g/mol. The van der Waals surface area contributed by atoms with Gasteiger partial charge in [-0.05, 0) is 49.5 Å². The predicted octanol–water partition coefficient (Wildman–Crippen LogP) is 4.18. The Hall–Kier alpha value is -1.60. The van der Waals surface area contributed by atoms with Gasteiger partial charge in [0, 0.05) is 12.6 Å². The summed E-state index contributed by atoms with van der Waals surface area (Å²) in [6.45, 7) is 2.90. The van der Waals surface area contributed by atoms with E-state index in [0.29, 0.717) is 11.7 Å². The molecule has 2 aliphatic carbocycles. The van der Waals surface area contributed by atoms with Crippen molar-refractivity contribution in [3.8, 4) is 0 Å². The number of nitrogens with one attached hydrogen (secondary N) is 2. The summed E-state index contributed by atoms with van der Waals surface area (Å²) < 4.78 is 0.827. The van der Waals surface area contributed by atoms with Crippen LogP contribution in [-0.2, 0) is 11.3 Å². The molecule has 1 aromatic heterocycles. The number of nitrogens with zero attached hydrogens (tertiary/aromatic N) is 2. The molecule has 5 nitrogen and oxygen atoms in total. The molecule has 0 radical (unpaired) electrons. The van der Waals surface area contributed by atoms with Gasteiger partial charge in [-0.15, -0.1) is 10.2 Å². The van der Waals surface area contributed by atoms with Crippen molar-refractivity contribution >= 4 is 34.1 Å². The van der Waals surface area contributed by atoms with Crippen molar-refractivity contribution in [2.45, 2.75) is 49.5 Å². The second-order valence-electron chi connectivity index (χ2n) is 7.70. The largest absolute Gasteiger partial charge is 0.356 e. The number of benzene rings is 1. The van der Waals surface area contributed by atoms with Crippen LogP contribution < -0.4 is 10.6 Å². The quantitative estimate of drug-likeness (QED) is 0.648. The fourth-order valence-electron chi connectivity index (χ4n) is 4.55. The molecule has 0 saturated heterocycles. The third-order valence-electron chi connectivity index (χ3n) is 5.84. The summed E-state index contributed by atoms with van der Waals surface area (Å²) >= 11 is 2.96. The normalized spacial score (nSPS) is 24.7. The van der Waals surface area contributed by atoms with E-state index in [9.17, 15) is 4.79 Å². The molecule has 0 spiro atoms. The minimum Gasteiger partial charge on any atom is -0.356 e. The van der Waals surface area contributed by atoms with Crippen molar-refractivity contribution in [1.82, 2.24) is 15.5 Å². The smallest absolute Gasteiger partial charge is 0.230 e. The average Bonchev–Trinajstić information content (AvgIpc) is 3.42. The van der Waals surface area contributed by atoms with Crippen LogP contribution in [0.15, 0.2) is 34.7 Å². The van der Waals surface area contributed by atoms with Gasteiger partial charge in [-0.2, -0.15) is 0 Å². The number of aromatic nitrogens is 2. The van der Waals surface area contributed by atoms with Gasteiger partial charge in [0.1, 0.15) is 0 Å². The molecular weight excluding hydrogens is 376 g/mol. The highest BCUT2D eigenvalue weighted by Gasteiger charge is 2.42. The highest BCUT2D eigenvalue weighted by Crippen LogP contribution is 2.49. The highest BCUT2D eigenvalue weighted by atomic mass is 32.2. The van der Waals surface area contributed by atoms with E-state index in [-0.39, 0.29) is 11.9 Å². The van der Waals surface area contributed by atoms with E-state index in [1.807, 2.05) is 18.2 Å². The van der Waals surface area contributed by atoms with Crippen molar-refractivity contribution in [3.63, 3.8) is 0 Å². The van der Waals surface area contributed by atoms with Crippen molar-refractivity contribution < 1.29 is 4.79 Å². The van der Waals surface area contributed by atoms with Crippen molar-refractivity contribution in [1.29, 1.82) is 0 Å². The van der Waals surface area contributed by atoms with E-state index in [0.717, 1.165) is 27.9 Å². The lowest BCUT2D eigenvalue weighted by Crippen LogP contribution is -2.40. The van der Waals surface area contributed by atoms with Gasteiger partial charge in [-0.1, -0.05) is 59.9 Å². The molecular formula is C20H26N4OS2. The molecule has 2 N–H and O–H groups in total. The van der Waals surface area contributed by atoms with Gasteiger partial charge in [0.25, 0.3) is 0 Å². The molecule has 0 aliphatic heterocycles. The van der Waals surface area contributed by atoms with Crippen molar-refractivity contribution in [3.05, 3.63) is 35.9 Å². The molecule has 2 bridgehead atoms. The van der Waals surface area contributed by atoms with Gasteiger partial charge in [-0.25, -0.2) is 0 Å². The first-order valence-electron chi connectivity index (χ1n) is 9.71.